The average molecular weight is 407 g/mol. The van der Waals surface area contributed by atoms with Crippen molar-refractivity contribution in [1.29, 1.82) is 0 Å². The van der Waals surface area contributed by atoms with E-state index in [0.29, 0.717) is 19.1 Å². The number of amides is 2. The lowest BCUT2D eigenvalue weighted by atomic mass is 9.82. The number of thiophene rings is 1. The number of carbonyl (C=O) groups excluding carboxylic acids is 2. The van der Waals surface area contributed by atoms with Crippen LogP contribution in [-0.4, -0.2) is 36.6 Å². The Morgan fingerprint density at radius 3 is 2.61 bits per heavy atom. The van der Waals surface area contributed by atoms with E-state index in [0.717, 1.165) is 45.1 Å². The number of aryl methyl sites for hydroxylation is 1. The summed E-state index contributed by atoms with van der Waals surface area (Å²) in [6.07, 6.45) is 8.23. The molecular weight excluding hydrogens is 372 g/mol. The molecule has 1 N–H and O–H groups in total. The third-order valence-electron chi connectivity index (χ3n) is 6.11. The van der Waals surface area contributed by atoms with Crippen LogP contribution < -0.4 is 5.32 Å². The summed E-state index contributed by atoms with van der Waals surface area (Å²) in [6, 6.07) is 4.63. The van der Waals surface area contributed by atoms with Crippen molar-refractivity contribution in [3.05, 3.63) is 21.9 Å². The monoisotopic (exact) mass is 406 g/mol. The fourth-order valence-electron chi connectivity index (χ4n) is 4.48. The highest BCUT2D eigenvalue weighted by Gasteiger charge is 2.30. The van der Waals surface area contributed by atoms with Crippen LogP contribution in [0.1, 0.15) is 74.1 Å². The molecule has 1 aliphatic carbocycles. The molecule has 0 spiro atoms. The third-order valence-corrected chi connectivity index (χ3v) is 7.21. The standard InChI is InChI=1S/C22H34N2O3S/c1-3-27-21(25)18-11-9-17(10-12-18)15-23-22(26)24-14-6-4-5-7-19(24)20-13-8-16(2)28-20/h8,13,17-19H,3-7,9-12,14-15H2,1-2H3,(H,23,26). The number of esters is 1. The zero-order chi connectivity index (χ0) is 19.9. The summed E-state index contributed by atoms with van der Waals surface area (Å²) in [5.74, 6) is 0.455. The molecule has 1 aromatic rings. The Kier molecular flexibility index (Phi) is 7.77. The van der Waals surface area contributed by atoms with Gasteiger partial charge >= 0.3 is 12.0 Å². The van der Waals surface area contributed by atoms with Gasteiger partial charge in [-0.2, -0.15) is 0 Å². The molecule has 2 aliphatic rings. The van der Waals surface area contributed by atoms with Gasteiger partial charge in [-0.1, -0.05) is 12.8 Å². The first kappa shape index (κ1) is 21.2. The molecule has 1 saturated heterocycles. The largest absolute Gasteiger partial charge is 0.466 e. The van der Waals surface area contributed by atoms with Gasteiger partial charge in [-0.3, -0.25) is 4.79 Å². The predicted octanol–water partition coefficient (Wildman–Crippen LogP) is 5.05. The maximum atomic E-state index is 13.0. The first-order chi connectivity index (χ1) is 13.6. The molecule has 2 amide bonds. The molecule has 3 rings (SSSR count). The normalized spacial score (nSPS) is 25.8. The second-order valence-electron chi connectivity index (χ2n) is 8.16. The molecule has 0 aromatic carbocycles. The highest BCUT2D eigenvalue weighted by Crippen LogP contribution is 2.34. The predicted molar refractivity (Wildman–Crippen MR) is 112 cm³/mol. The first-order valence-corrected chi connectivity index (χ1v) is 11.7. The maximum absolute atomic E-state index is 13.0. The number of nitrogens with one attached hydrogen (secondary N) is 1. The van der Waals surface area contributed by atoms with Crippen LogP contribution in [0.15, 0.2) is 12.1 Å². The van der Waals surface area contributed by atoms with Crippen molar-refractivity contribution in [2.24, 2.45) is 11.8 Å². The van der Waals surface area contributed by atoms with E-state index < -0.39 is 0 Å². The number of likely N-dealkylation sites (tertiary alicyclic amines) is 1. The Morgan fingerprint density at radius 1 is 1.14 bits per heavy atom. The highest BCUT2D eigenvalue weighted by molar-refractivity contribution is 7.12. The Hall–Kier alpha value is -1.56. The van der Waals surface area contributed by atoms with Crippen LogP contribution in [-0.2, 0) is 9.53 Å². The summed E-state index contributed by atoms with van der Waals surface area (Å²) in [6.45, 7) is 5.98. The fourth-order valence-corrected chi connectivity index (χ4v) is 5.50. The molecular formula is C22H34N2O3S. The van der Waals surface area contributed by atoms with Gasteiger partial charge in [0.1, 0.15) is 0 Å². The minimum atomic E-state index is -0.0522. The van der Waals surface area contributed by atoms with Gasteiger partial charge in [0, 0.05) is 22.8 Å². The van der Waals surface area contributed by atoms with Crippen molar-refractivity contribution < 1.29 is 14.3 Å². The van der Waals surface area contributed by atoms with Gasteiger partial charge in [-0.25, -0.2) is 4.79 Å². The van der Waals surface area contributed by atoms with E-state index in [1.54, 1.807) is 0 Å². The third kappa shape index (κ3) is 5.49. The van der Waals surface area contributed by atoms with Crippen LogP contribution in [0, 0.1) is 18.8 Å². The Labute approximate surface area is 172 Å². The number of carbonyl (C=O) groups is 2. The Morgan fingerprint density at radius 2 is 1.93 bits per heavy atom. The van der Waals surface area contributed by atoms with Crippen molar-refractivity contribution in [3.8, 4) is 0 Å². The molecule has 1 unspecified atom stereocenters. The molecule has 1 aliphatic heterocycles. The van der Waals surface area contributed by atoms with Gasteiger partial charge in [0.2, 0.25) is 0 Å². The lowest BCUT2D eigenvalue weighted by Crippen LogP contribution is -2.44. The van der Waals surface area contributed by atoms with Crippen molar-refractivity contribution in [3.63, 3.8) is 0 Å². The van der Waals surface area contributed by atoms with E-state index in [1.807, 2.05) is 18.3 Å². The summed E-state index contributed by atoms with van der Waals surface area (Å²) >= 11 is 1.81. The number of nitrogens with zero attached hydrogens (tertiary/aromatic N) is 1. The van der Waals surface area contributed by atoms with Crippen LogP contribution in [0.5, 0.6) is 0 Å². The molecule has 0 bridgehead atoms. The van der Waals surface area contributed by atoms with Crippen molar-refractivity contribution in [1.82, 2.24) is 10.2 Å². The minimum absolute atomic E-state index is 0.0453. The highest BCUT2D eigenvalue weighted by atomic mass is 32.1. The smallest absolute Gasteiger partial charge is 0.317 e. The second kappa shape index (κ2) is 10.3. The van der Waals surface area contributed by atoms with Gasteiger partial charge in [0.25, 0.3) is 0 Å². The molecule has 2 fully saturated rings. The van der Waals surface area contributed by atoms with Gasteiger partial charge in [-0.05, 0) is 70.4 Å². The summed E-state index contributed by atoms with van der Waals surface area (Å²) in [5, 5.41) is 3.20. The molecule has 1 atom stereocenters. The number of hydrogen-bond donors (Lipinski definition) is 1. The van der Waals surface area contributed by atoms with E-state index in [4.69, 9.17) is 4.74 Å². The van der Waals surface area contributed by atoms with Gasteiger partial charge in [-0.15, -0.1) is 11.3 Å². The number of ether oxygens (including phenoxy) is 1. The zero-order valence-corrected chi connectivity index (χ0v) is 18.1. The molecule has 156 valence electrons. The molecule has 1 saturated carbocycles. The minimum Gasteiger partial charge on any atom is -0.466 e. The maximum Gasteiger partial charge on any atom is 0.317 e. The summed E-state index contributed by atoms with van der Waals surface area (Å²) in [7, 11) is 0. The van der Waals surface area contributed by atoms with E-state index in [9.17, 15) is 9.59 Å². The lowest BCUT2D eigenvalue weighted by molar-refractivity contribution is -0.149. The summed E-state index contributed by atoms with van der Waals surface area (Å²) in [5.41, 5.74) is 0. The lowest BCUT2D eigenvalue weighted by Gasteiger charge is -2.31. The second-order valence-corrected chi connectivity index (χ2v) is 9.48. The van der Waals surface area contributed by atoms with E-state index in [1.165, 1.54) is 22.6 Å². The van der Waals surface area contributed by atoms with Crippen LogP contribution in [0.25, 0.3) is 0 Å². The molecule has 28 heavy (non-hydrogen) atoms. The van der Waals surface area contributed by atoms with Crippen molar-refractivity contribution in [2.45, 2.75) is 71.3 Å². The fraction of sp³-hybridized carbons (Fsp3) is 0.727. The summed E-state index contributed by atoms with van der Waals surface area (Å²) < 4.78 is 5.15. The molecule has 2 heterocycles. The zero-order valence-electron chi connectivity index (χ0n) is 17.2. The van der Waals surface area contributed by atoms with Crippen LogP contribution in [0.2, 0.25) is 0 Å². The van der Waals surface area contributed by atoms with Gasteiger partial charge < -0.3 is 15.0 Å². The first-order valence-electron chi connectivity index (χ1n) is 10.9. The number of hydrogen-bond acceptors (Lipinski definition) is 4. The average Bonchev–Trinajstić information content (AvgIpc) is 2.98. The van der Waals surface area contributed by atoms with Gasteiger partial charge in [0.05, 0.1) is 18.6 Å². The van der Waals surface area contributed by atoms with Crippen LogP contribution in [0.4, 0.5) is 4.79 Å². The van der Waals surface area contributed by atoms with E-state index >= 15 is 0 Å². The molecule has 1 aromatic heterocycles. The SMILES string of the molecule is CCOC(=O)C1CCC(CNC(=O)N2CCCCCC2c2ccc(C)s2)CC1. The summed E-state index contributed by atoms with van der Waals surface area (Å²) in [4.78, 5) is 29.5. The number of urea groups is 1. The van der Waals surface area contributed by atoms with Crippen molar-refractivity contribution in [2.75, 3.05) is 19.7 Å². The Balaban J connectivity index is 1.51. The molecule has 5 nitrogen and oxygen atoms in total. The topological polar surface area (TPSA) is 58.6 Å². The van der Waals surface area contributed by atoms with Crippen molar-refractivity contribution >= 4 is 23.3 Å². The molecule has 0 radical (unpaired) electrons. The quantitative estimate of drug-likeness (QED) is 0.696. The van der Waals surface area contributed by atoms with Crippen LogP contribution in [0.3, 0.4) is 0 Å². The molecule has 6 heteroatoms. The van der Waals surface area contributed by atoms with E-state index in [-0.39, 0.29) is 24.0 Å². The number of rotatable bonds is 5. The van der Waals surface area contributed by atoms with Gasteiger partial charge in [0.15, 0.2) is 0 Å². The Bertz CT molecular complexity index is 652. The van der Waals surface area contributed by atoms with Crippen LogP contribution >= 0.6 is 11.3 Å². The van der Waals surface area contributed by atoms with E-state index in [2.05, 4.69) is 29.3 Å².